The van der Waals surface area contributed by atoms with Crippen LogP contribution in [-0.2, 0) is 0 Å². The Morgan fingerprint density at radius 1 is 1.35 bits per heavy atom. The van der Waals surface area contributed by atoms with Crippen molar-refractivity contribution in [2.45, 2.75) is 12.8 Å². The number of anilines is 1. The molecule has 1 aliphatic heterocycles. The van der Waals surface area contributed by atoms with Gasteiger partial charge in [0.25, 0.3) is 0 Å². The summed E-state index contributed by atoms with van der Waals surface area (Å²) in [6.45, 7) is 2.08. The molecule has 3 N–H and O–H groups in total. The summed E-state index contributed by atoms with van der Waals surface area (Å²) in [5, 5.41) is 8.55. The fraction of sp³-hybridized carbons (Fsp3) is 0.333. The summed E-state index contributed by atoms with van der Waals surface area (Å²) in [4.78, 5) is 16.0. The second-order valence-electron chi connectivity index (χ2n) is 4.02. The zero-order valence-corrected chi connectivity index (χ0v) is 9.47. The Balaban J connectivity index is 2.24. The van der Waals surface area contributed by atoms with Crippen LogP contribution in [0.5, 0.6) is 0 Å². The monoisotopic (exact) mass is 233 g/mol. The second-order valence-corrected chi connectivity index (χ2v) is 4.02. The molecule has 0 radical (unpaired) electrons. The third-order valence-corrected chi connectivity index (χ3v) is 2.83. The van der Waals surface area contributed by atoms with Crippen molar-refractivity contribution in [3.05, 3.63) is 29.8 Å². The van der Waals surface area contributed by atoms with Gasteiger partial charge in [-0.15, -0.1) is 0 Å². The van der Waals surface area contributed by atoms with Gasteiger partial charge in [0.1, 0.15) is 5.84 Å². The number of amidine groups is 1. The fourth-order valence-corrected chi connectivity index (χ4v) is 2.00. The molecular formula is C12H15N3O2. The molecule has 1 aliphatic rings. The van der Waals surface area contributed by atoms with Gasteiger partial charge in [-0.05, 0) is 25.0 Å². The average Bonchev–Trinajstić information content (AvgIpc) is 2.82. The second kappa shape index (κ2) is 4.86. The molecule has 1 saturated heterocycles. The Morgan fingerprint density at radius 2 is 2.06 bits per heavy atom. The lowest BCUT2D eigenvalue weighted by Gasteiger charge is -2.18. The summed E-state index contributed by atoms with van der Waals surface area (Å²) >= 11 is 0. The van der Waals surface area contributed by atoms with Gasteiger partial charge in [0.15, 0.2) is 0 Å². The minimum atomic E-state index is -1.27. The molecule has 2 rings (SSSR count). The normalized spacial score (nSPS) is 16.2. The molecule has 0 unspecified atom stereocenters. The Morgan fingerprint density at radius 3 is 2.71 bits per heavy atom. The van der Waals surface area contributed by atoms with Crippen LogP contribution in [-0.4, -0.2) is 30.1 Å². The van der Waals surface area contributed by atoms with Crippen LogP contribution in [0.3, 0.4) is 0 Å². The van der Waals surface area contributed by atoms with Gasteiger partial charge >= 0.3 is 6.09 Å². The molecule has 1 fully saturated rings. The first kappa shape index (κ1) is 11.4. The van der Waals surface area contributed by atoms with Gasteiger partial charge in [0, 0.05) is 24.3 Å². The lowest BCUT2D eigenvalue weighted by Crippen LogP contribution is -2.19. The highest BCUT2D eigenvalue weighted by Gasteiger charge is 2.13. The molecule has 90 valence electrons. The largest absolute Gasteiger partial charge is 0.463 e. The molecule has 5 heteroatoms. The van der Waals surface area contributed by atoms with E-state index in [4.69, 9.17) is 10.8 Å². The number of carbonyl (C=O) groups is 1. The Bertz CT molecular complexity index is 451. The van der Waals surface area contributed by atoms with Crippen molar-refractivity contribution in [1.82, 2.24) is 0 Å². The number of aliphatic imine (C=N–C) groups is 1. The highest BCUT2D eigenvalue weighted by atomic mass is 16.4. The first-order valence-corrected chi connectivity index (χ1v) is 5.59. The number of hydrogen-bond donors (Lipinski definition) is 2. The molecule has 0 aromatic heterocycles. The van der Waals surface area contributed by atoms with Gasteiger partial charge in [0.05, 0.1) is 0 Å². The van der Waals surface area contributed by atoms with Crippen molar-refractivity contribution >= 4 is 17.6 Å². The van der Waals surface area contributed by atoms with E-state index >= 15 is 0 Å². The lowest BCUT2D eigenvalue weighted by atomic mass is 10.1. The lowest BCUT2D eigenvalue weighted by molar-refractivity contribution is 0.205. The third kappa shape index (κ3) is 2.75. The fourth-order valence-electron chi connectivity index (χ4n) is 2.00. The molecule has 17 heavy (non-hydrogen) atoms. The Hall–Kier alpha value is -2.04. The standard InChI is InChI=1S/C12H15N3O2/c13-11(14-12(16)17)9-4-3-5-10(8-9)15-6-1-2-7-15/h3-5,8H,1-2,6-7H2,(H2,13,14)(H,16,17). The van der Waals surface area contributed by atoms with E-state index in [0.29, 0.717) is 5.56 Å². The van der Waals surface area contributed by atoms with Crippen LogP contribution in [0.1, 0.15) is 18.4 Å². The molecule has 5 nitrogen and oxygen atoms in total. The molecule has 1 heterocycles. The van der Waals surface area contributed by atoms with E-state index in [-0.39, 0.29) is 5.84 Å². The van der Waals surface area contributed by atoms with Gasteiger partial charge in [-0.3, -0.25) is 0 Å². The Labute approximate surface area is 99.6 Å². The molecule has 1 aromatic carbocycles. The number of rotatable bonds is 2. The predicted octanol–water partition coefficient (Wildman–Crippen LogP) is 1.67. The van der Waals surface area contributed by atoms with E-state index in [1.165, 1.54) is 12.8 Å². The summed E-state index contributed by atoms with van der Waals surface area (Å²) in [6.07, 6.45) is 1.13. The minimum Gasteiger partial charge on any atom is -0.463 e. The molecule has 1 aromatic rings. The maximum atomic E-state index is 10.4. The smallest absolute Gasteiger partial charge is 0.433 e. The van der Waals surface area contributed by atoms with E-state index in [0.717, 1.165) is 18.8 Å². The quantitative estimate of drug-likeness (QED) is 0.601. The number of nitrogens with zero attached hydrogens (tertiary/aromatic N) is 2. The summed E-state index contributed by atoms with van der Waals surface area (Å²) < 4.78 is 0. The molecule has 1 amide bonds. The molecule has 0 aliphatic carbocycles. The van der Waals surface area contributed by atoms with Crippen molar-refractivity contribution in [1.29, 1.82) is 0 Å². The van der Waals surface area contributed by atoms with E-state index in [9.17, 15) is 4.79 Å². The van der Waals surface area contributed by atoms with Crippen LogP contribution in [0.25, 0.3) is 0 Å². The summed E-state index contributed by atoms with van der Waals surface area (Å²) in [6, 6.07) is 7.52. The number of hydrogen-bond acceptors (Lipinski definition) is 2. The molecule has 0 saturated carbocycles. The summed E-state index contributed by atoms with van der Waals surface area (Å²) in [5.41, 5.74) is 7.34. The van der Waals surface area contributed by atoms with Crippen LogP contribution in [0.4, 0.5) is 10.5 Å². The van der Waals surface area contributed by atoms with E-state index in [1.807, 2.05) is 18.2 Å². The Kier molecular flexibility index (Phi) is 3.27. The van der Waals surface area contributed by atoms with Crippen LogP contribution >= 0.6 is 0 Å². The number of carboxylic acid groups (broad SMARTS) is 1. The maximum absolute atomic E-state index is 10.4. The van der Waals surface area contributed by atoms with Gasteiger partial charge < -0.3 is 15.7 Å². The van der Waals surface area contributed by atoms with Crippen LogP contribution in [0, 0.1) is 0 Å². The van der Waals surface area contributed by atoms with Gasteiger partial charge in [0.2, 0.25) is 0 Å². The van der Waals surface area contributed by atoms with Gasteiger partial charge in [-0.1, -0.05) is 12.1 Å². The van der Waals surface area contributed by atoms with E-state index in [2.05, 4.69) is 9.89 Å². The number of nitrogens with two attached hydrogens (primary N) is 1. The highest BCUT2D eigenvalue weighted by molar-refractivity contribution is 6.03. The first-order valence-electron chi connectivity index (χ1n) is 5.59. The zero-order chi connectivity index (χ0) is 12.3. The van der Waals surface area contributed by atoms with Crippen LogP contribution < -0.4 is 10.6 Å². The number of amides is 1. The number of benzene rings is 1. The van der Waals surface area contributed by atoms with Crippen molar-refractivity contribution in [2.75, 3.05) is 18.0 Å². The molecule has 0 atom stereocenters. The highest BCUT2D eigenvalue weighted by Crippen LogP contribution is 2.20. The molecule has 0 bridgehead atoms. The van der Waals surface area contributed by atoms with Crippen molar-refractivity contribution in [2.24, 2.45) is 10.7 Å². The zero-order valence-electron chi connectivity index (χ0n) is 9.47. The SMILES string of the molecule is NC(=NC(=O)O)c1cccc(N2CCCC2)c1. The molecular weight excluding hydrogens is 218 g/mol. The van der Waals surface area contributed by atoms with Crippen LogP contribution in [0.2, 0.25) is 0 Å². The van der Waals surface area contributed by atoms with Gasteiger partial charge in [-0.25, -0.2) is 4.79 Å². The van der Waals surface area contributed by atoms with E-state index in [1.54, 1.807) is 6.07 Å². The maximum Gasteiger partial charge on any atom is 0.433 e. The summed E-state index contributed by atoms with van der Waals surface area (Å²) in [7, 11) is 0. The summed E-state index contributed by atoms with van der Waals surface area (Å²) in [5.74, 6) is 0.0403. The topological polar surface area (TPSA) is 78.9 Å². The van der Waals surface area contributed by atoms with Crippen molar-refractivity contribution in [3.8, 4) is 0 Å². The first-order chi connectivity index (χ1) is 8.16. The third-order valence-electron chi connectivity index (χ3n) is 2.83. The minimum absolute atomic E-state index is 0.0403. The van der Waals surface area contributed by atoms with Crippen molar-refractivity contribution < 1.29 is 9.90 Å². The average molecular weight is 233 g/mol. The predicted molar refractivity (Wildman–Crippen MR) is 66.6 cm³/mol. The van der Waals surface area contributed by atoms with Crippen LogP contribution in [0.15, 0.2) is 29.3 Å². The molecule has 0 spiro atoms. The van der Waals surface area contributed by atoms with Crippen molar-refractivity contribution in [3.63, 3.8) is 0 Å². The van der Waals surface area contributed by atoms with E-state index < -0.39 is 6.09 Å². The van der Waals surface area contributed by atoms with Gasteiger partial charge in [-0.2, -0.15) is 4.99 Å².